The molecule has 178 valence electrons. The molecule has 0 unspecified atom stereocenters. The van der Waals surface area contributed by atoms with Gasteiger partial charge in [0.05, 0.1) is 0 Å². The van der Waals surface area contributed by atoms with Gasteiger partial charge in [0.25, 0.3) is 5.91 Å². The van der Waals surface area contributed by atoms with Gasteiger partial charge in [0, 0.05) is 27.8 Å². The lowest BCUT2D eigenvalue weighted by atomic mass is 10.1. The fourth-order valence-electron chi connectivity index (χ4n) is 4.07. The van der Waals surface area contributed by atoms with Crippen LogP contribution in [0.3, 0.4) is 0 Å². The first-order valence-corrected chi connectivity index (χ1v) is 12.0. The minimum absolute atomic E-state index is 0.128. The Bertz CT molecular complexity index is 1340. The molecule has 1 aromatic heterocycles. The van der Waals surface area contributed by atoms with E-state index in [2.05, 4.69) is 15.9 Å². The fourth-order valence-corrected chi connectivity index (χ4v) is 4.33. The first-order chi connectivity index (χ1) is 16.9. The topological polar surface area (TPSA) is 81.6 Å². The lowest BCUT2D eigenvalue weighted by Crippen LogP contribution is -2.32. The molecule has 1 fully saturated rings. The van der Waals surface area contributed by atoms with Crippen LogP contribution in [0.4, 0.5) is 10.1 Å². The molecule has 2 N–H and O–H groups in total. The van der Waals surface area contributed by atoms with Gasteiger partial charge in [-0.25, -0.2) is 9.37 Å². The SMILES string of the molecule is C[C@@H]1O[C@@H](c2oc(-c3ccc(Br)cc3)nc2-c2ccc(F)cc2)N(CCc2ccc(N)cc2)C1=O. The Morgan fingerprint density at radius 3 is 2.34 bits per heavy atom. The summed E-state index contributed by atoms with van der Waals surface area (Å²) >= 11 is 3.44. The zero-order valence-electron chi connectivity index (χ0n) is 18.9. The summed E-state index contributed by atoms with van der Waals surface area (Å²) < 4.78 is 26.9. The Hall–Kier alpha value is -3.49. The van der Waals surface area contributed by atoms with Crippen LogP contribution in [0.5, 0.6) is 0 Å². The summed E-state index contributed by atoms with van der Waals surface area (Å²) in [5.74, 6) is 0.320. The van der Waals surface area contributed by atoms with Gasteiger partial charge >= 0.3 is 0 Å². The number of benzene rings is 3. The third-order valence-corrected chi connectivity index (χ3v) is 6.48. The first kappa shape index (κ1) is 23.3. The molecule has 8 heteroatoms. The van der Waals surface area contributed by atoms with E-state index in [1.54, 1.807) is 24.0 Å². The predicted molar refractivity (Wildman–Crippen MR) is 135 cm³/mol. The Morgan fingerprint density at radius 1 is 1.00 bits per heavy atom. The molecule has 1 aliphatic heterocycles. The fraction of sp³-hybridized carbons (Fsp3) is 0.185. The van der Waals surface area contributed by atoms with E-state index in [9.17, 15) is 9.18 Å². The van der Waals surface area contributed by atoms with Gasteiger partial charge in [0.15, 0.2) is 12.0 Å². The van der Waals surface area contributed by atoms with Crippen LogP contribution in [0.2, 0.25) is 0 Å². The van der Waals surface area contributed by atoms with Gasteiger partial charge < -0.3 is 19.8 Å². The zero-order chi connectivity index (χ0) is 24.5. The molecule has 1 saturated heterocycles. The smallest absolute Gasteiger partial charge is 0.253 e. The number of aromatic nitrogens is 1. The average molecular weight is 536 g/mol. The molecule has 0 radical (unpaired) electrons. The van der Waals surface area contributed by atoms with Crippen molar-refractivity contribution in [2.24, 2.45) is 0 Å². The maximum absolute atomic E-state index is 13.6. The standard InChI is InChI=1S/C27H23BrFN3O3/c1-16-26(33)32(15-14-17-2-12-22(30)13-3-17)27(34-16)24-23(18-6-10-21(29)11-7-18)31-25(35-24)19-4-8-20(28)9-5-19/h2-13,16,27H,14-15,30H2,1H3/t16-,27-/m0/s1. The number of amides is 1. The van der Waals surface area contributed by atoms with Crippen molar-refractivity contribution in [3.63, 3.8) is 0 Å². The van der Waals surface area contributed by atoms with Crippen molar-refractivity contribution >= 4 is 27.5 Å². The highest BCUT2D eigenvalue weighted by Gasteiger charge is 2.42. The predicted octanol–water partition coefficient (Wildman–Crippen LogP) is 5.98. The van der Waals surface area contributed by atoms with Gasteiger partial charge in [0.1, 0.15) is 17.6 Å². The molecule has 0 spiro atoms. The van der Waals surface area contributed by atoms with Crippen molar-refractivity contribution in [3.05, 3.63) is 94.4 Å². The van der Waals surface area contributed by atoms with Crippen LogP contribution in [-0.4, -0.2) is 28.4 Å². The van der Waals surface area contributed by atoms with E-state index in [4.69, 9.17) is 19.9 Å². The van der Waals surface area contributed by atoms with E-state index in [0.717, 1.165) is 15.6 Å². The van der Waals surface area contributed by atoms with Crippen molar-refractivity contribution in [1.29, 1.82) is 0 Å². The summed E-state index contributed by atoms with van der Waals surface area (Å²) in [7, 11) is 0. The molecule has 5 rings (SSSR count). The van der Waals surface area contributed by atoms with E-state index in [0.29, 0.717) is 41.6 Å². The second-order valence-corrected chi connectivity index (χ2v) is 9.32. The summed E-state index contributed by atoms with van der Waals surface area (Å²) in [4.78, 5) is 19.4. The number of carbonyl (C=O) groups excluding carboxylic acids is 1. The molecule has 2 atom stereocenters. The number of oxazole rings is 1. The van der Waals surface area contributed by atoms with Gasteiger partial charge in [0.2, 0.25) is 5.89 Å². The molecule has 0 aliphatic carbocycles. The largest absolute Gasteiger partial charge is 0.436 e. The number of nitrogen functional groups attached to an aromatic ring is 1. The minimum Gasteiger partial charge on any atom is -0.436 e. The Kier molecular flexibility index (Phi) is 6.40. The van der Waals surface area contributed by atoms with E-state index in [1.165, 1.54) is 12.1 Å². The monoisotopic (exact) mass is 535 g/mol. The highest BCUT2D eigenvalue weighted by atomic mass is 79.9. The van der Waals surface area contributed by atoms with Crippen LogP contribution >= 0.6 is 15.9 Å². The number of halogens is 2. The summed E-state index contributed by atoms with van der Waals surface area (Å²) in [5.41, 5.74) is 9.48. The summed E-state index contributed by atoms with van der Waals surface area (Å²) in [6.45, 7) is 2.15. The van der Waals surface area contributed by atoms with Gasteiger partial charge in [-0.1, -0.05) is 28.1 Å². The molecule has 6 nitrogen and oxygen atoms in total. The van der Waals surface area contributed by atoms with Crippen LogP contribution < -0.4 is 5.73 Å². The number of anilines is 1. The maximum Gasteiger partial charge on any atom is 0.253 e. The maximum atomic E-state index is 13.6. The van der Waals surface area contributed by atoms with Gasteiger partial charge in [-0.15, -0.1) is 0 Å². The molecule has 2 heterocycles. The van der Waals surface area contributed by atoms with E-state index >= 15 is 0 Å². The highest BCUT2D eigenvalue weighted by molar-refractivity contribution is 9.10. The quantitative estimate of drug-likeness (QED) is 0.307. The Morgan fingerprint density at radius 2 is 1.66 bits per heavy atom. The van der Waals surface area contributed by atoms with Crippen molar-refractivity contribution in [2.45, 2.75) is 25.7 Å². The average Bonchev–Trinajstić information content (AvgIpc) is 3.41. The van der Waals surface area contributed by atoms with Gasteiger partial charge in [-0.05, 0) is 79.6 Å². The van der Waals surface area contributed by atoms with Crippen LogP contribution in [-0.2, 0) is 16.0 Å². The van der Waals surface area contributed by atoms with Crippen LogP contribution in [0.15, 0.2) is 81.7 Å². The molecule has 1 amide bonds. The van der Waals surface area contributed by atoms with Crippen LogP contribution in [0.1, 0.15) is 24.5 Å². The highest BCUT2D eigenvalue weighted by Crippen LogP contribution is 2.39. The minimum atomic E-state index is -0.761. The second kappa shape index (κ2) is 9.64. The van der Waals surface area contributed by atoms with Crippen molar-refractivity contribution in [3.8, 4) is 22.7 Å². The normalized spacial score (nSPS) is 17.8. The number of nitrogens with zero attached hydrogens (tertiary/aromatic N) is 2. The van der Waals surface area contributed by atoms with E-state index in [1.807, 2.05) is 48.5 Å². The summed E-state index contributed by atoms with van der Waals surface area (Å²) in [6, 6.07) is 21.1. The first-order valence-electron chi connectivity index (χ1n) is 11.2. The lowest BCUT2D eigenvalue weighted by Gasteiger charge is -2.22. The van der Waals surface area contributed by atoms with Crippen LogP contribution in [0, 0.1) is 5.82 Å². The number of rotatable bonds is 6. The molecule has 35 heavy (non-hydrogen) atoms. The van der Waals surface area contributed by atoms with Gasteiger partial charge in [-0.2, -0.15) is 0 Å². The summed E-state index contributed by atoms with van der Waals surface area (Å²) in [6.07, 6.45) is -0.769. The van der Waals surface area contributed by atoms with Crippen molar-refractivity contribution in [1.82, 2.24) is 9.88 Å². The third kappa shape index (κ3) is 4.85. The number of ether oxygens (including phenoxy) is 1. The second-order valence-electron chi connectivity index (χ2n) is 8.40. The van der Waals surface area contributed by atoms with E-state index in [-0.39, 0.29) is 11.7 Å². The van der Waals surface area contributed by atoms with Crippen LogP contribution in [0.25, 0.3) is 22.7 Å². The third-order valence-electron chi connectivity index (χ3n) is 5.95. The van der Waals surface area contributed by atoms with Crippen molar-refractivity contribution < 1.29 is 18.3 Å². The molecular formula is C27H23BrFN3O3. The molecule has 0 bridgehead atoms. The molecule has 1 aliphatic rings. The molecular weight excluding hydrogens is 513 g/mol. The zero-order valence-corrected chi connectivity index (χ0v) is 20.5. The molecule has 3 aromatic carbocycles. The molecule has 0 saturated carbocycles. The Balaban J connectivity index is 1.53. The van der Waals surface area contributed by atoms with Crippen molar-refractivity contribution in [2.75, 3.05) is 12.3 Å². The van der Waals surface area contributed by atoms with Gasteiger partial charge in [-0.3, -0.25) is 4.79 Å². The van der Waals surface area contributed by atoms with E-state index < -0.39 is 12.3 Å². The number of carbonyl (C=O) groups is 1. The molecule has 4 aromatic rings. The Labute approximate surface area is 210 Å². The number of hydrogen-bond acceptors (Lipinski definition) is 5. The lowest BCUT2D eigenvalue weighted by molar-refractivity contribution is -0.130. The number of nitrogens with two attached hydrogens (primary N) is 1. The number of hydrogen-bond donors (Lipinski definition) is 1. The summed E-state index contributed by atoms with van der Waals surface area (Å²) in [5, 5.41) is 0.